The van der Waals surface area contributed by atoms with Crippen LogP contribution in [0.3, 0.4) is 0 Å². The van der Waals surface area contributed by atoms with Crippen LogP contribution in [0, 0.1) is 6.79 Å². The molecule has 2 radical (unpaired) electrons. The summed E-state index contributed by atoms with van der Waals surface area (Å²) in [6.45, 7) is 8.16. The zero-order chi connectivity index (χ0) is 8.36. The zero-order valence-corrected chi connectivity index (χ0v) is 7.56. The first kappa shape index (κ1) is 10.9. The van der Waals surface area contributed by atoms with Crippen molar-refractivity contribution in [2.45, 2.75) is 39.5 Å². The second kappa shape index (κ2) is 9.92. The Kier molecular flexibility index (Phi) is 9.85. The van der Waals surface area contributed by atoms with E-state index in [1.54, 1.807) is 0 Å². The summed E-state index contributed by atoms with van der Waals surface area (Å²) >= 11 is 0. The lowest BCUT2D eigenvalue weighted by Gasteiger charge is -2.00. The van der Waals surface area contributed by atoms with E-state index in [0.717, 1.165) is 38.9 Å². The van der Waals surface area contributed by atoms with Gasteiger partial charge in [-0.1, -0.05) is 26.7 Å². The van der Waals surface area contributed by atoms with E-state index >= 15 is 0 Å². The van der Waals surface area contributed by atoms with Gasteiger partial charge in [-0.3, -0.25) is 0 Å². The lowest BCUT2D eigenvalue weighted by atomic mass is 10.4. The Balaban J connectivity index is 2.69. The molecule has 0 heterocycles. The van der Waals surface area contributed by atoms with E-state index in [2.05, 4.69) is 20.6 Å². The summed E-state index contributed by atoms with van der Waals surface area (Å²) in [4.78, 5) is 0. The van der Waals surface area contributed by atoms with E-state index < -0.39 is 0 Å². The number of unbranched alkanes of at least 4 members (excludes halogenated alkanes) is 2. The average Bonchev–Trinajstić information content (AvgIpc) is 2.03. The molecule has 0 bridgehead atoms. The molecule has 0 N–H and O–H groups in total. The fraction of sp³-hybridized carbons (Fsp3) is 0.889. The lowest BCUT2D eigenvalue weighted by molar-refractivity contribution is 0.0186. The molecule has 0 aliphatic heterocycles. The van der Waals surface area contributed by atoms with E-state index in [4.69, 9.17) is 9.47 Å². The Morgan fingerprint density at radius 2 is 1.36 bits per heavy atom. The van der Waals surface area contributed by atoms with Crippen molar-refractivity contribution in [3.05, 3.63) is 6.79 Å². The molecule has 0 unspecified atom stereocenters. The molecule has 0 atom stereocenters. The summed E-state index contributed by atoms with van der Waals surface area (Å²) in [5.41, 5.74) is 0. The predicted molar refractivity (Wildman–Crippen MR) is 45.0 cm³/mol. The number of hydrogen-bond donors (Lipinski definition) is 0. The highest BCUT2D eigenvalue weighted by Crippen LogP contribution is 1.94. The molecule has 0 aliphatic rings. The van der Waals surface area contributed by atoms with Crippen LogP contribution in [0.15, 0.2) is 0 Å². The molecule has 0 saturated heterocycles. The van der Waals surface area contributed by atoms with Crippen molar-refractivity contribution in [1.82, 2.24) is 0 Å². The summed E-state index contributed by atoms with van der Waals surface area (Å²) in [6, 6.07) is 0. The van der Waals surface area contributed by atoms with Crippen molar-refractivity contribution >= 4 is 0 Å². The van der Waals surface area contributed by atoms with Gasteiger partial charge < -0.3 is 9.47 Å². The van der Waals surface area contributed by atoms with Crippen LogP contribution in [0.1, 0.15) is 39.5 Å². The third kappa shape index (κ3) is 9.92. The van der Waals surface area contributed by atoms with Gasteiger partial charge in [0.2, 0.25) is 0 Å². The third-order valence-electron chi connectivity index (χ3n) is 1.32. The second-order valence-electron chi connectivity index (χ2n) is 2.49. The average molecular weight is 158 g/mol. The minimum atomic E-state index is 0.725. The van der Waals surface area contributed by atoms with E-state index in [-0.39, 0.29) is 0 Å². The maximum Gasteiger partial charge on any atom is 0.292 e. The Hall–Kier alpha value is -0.0800. The van der Waals surface area contributed by atoms with Crippen molar-refractivity contribution in [3.63, 3.8) is 0 Å². The quantitative estimate of drug-likeness (QED) is 0.505. The highest BCUT2D eigenvalue weighted by Gasteiger charge is 1.90. The van der Waals surface area contributed by atoms with Crippen LogP contribution in [0.4, 0.5) is 0 Å². The number of hydrogen-bond acceptors (Lipinski definition) is 2. The van der Waals surface area contributed by atoms with Gasteiger partial charge in [-0.2, -0.15) is 0 Å². The van der Waals surface area contributed by atoms with Gasteiger partial charge >= 0.3 is 0 Å². The van der Waals surface area contributed by atoms with Crippen LogP contribution in [0.5, 0.6) is 0 Å². The van der Waals surface area contributed by atoms with Gasteiger partial charge in [-0.15, -0.1) is 0 Å². The summed E-state index contributed by atoms with van der Waals surface area (Å²) in [5, 5.41) is 0. The van der Waals surface area contributed by atoms with Crippen molar-refractivity contribution in [2.75, 3.05) is 13.2 Å². The van der Waals surface area contributed by atoms with Gasteiger partial charge in [0.1, 0.15) is 0 Å². The first-order valence-corrected chi connectivity index (χ1v) is 4.40. The first-order chi connectivity index (χ1) is 5.41. The van der Waals surface area contributed by atoms with E-state index in [0.29, 0.717) is 0 Å². The molecule has 66 valence electrons. The lowest BCUT2D eigenvalue weighted by Crippen LogP contribution is -1.96. The number of ether oxygens (including phenoxy) is 2. The predicted octanol–water partition coefficient (Wildman–Crippen LogP) is 2.62. The molecule has 0 aliphatic carbocycles. The normalized spacial score (nSPS) is 10.4. The maximum absolute atomic E-state index is 4.95. The monoisotopic (exact) mass is 158 g/mol. The fourth-order valence-electron chi connectivity index (χ4n) is 0.558. The summed E-state index contributed by atoms with van der Waals surface area (Å²) in [7, 11) is 0. The summed E-state index contributed by atoms with van der Waals surface area (Å²) in [6.07, 6.45) is 4.45. The van der Waals surface area contributed by atoms with Gasteiger partial charge in [0.05, 0.1) is 13.2 Å². The Morgan fingerprint density at radius 3 is 1.73 bits per heavy atom. The van der Waals surface area contributed by atoms with Crippen LogP contribution in [0.2, 0.25) is 0 Å². The van der Waals surface area contributed by atoms with Gasteiger partial charge in [0, 0.05) is 0 Å². The molecule has 11 heavy (non-hydrogen) atoms. The largest absolute Gasteiger partial charge is 0.341 e. The molecular weight excluding hydrogens is 140 g/mol. The molecule has 2 heteroatoms. The van der Waals surface area contributed by atoms with E-state index in [9.17, 15) is 0 Å². The molecule has 0 aromatic heterocycles. The molecule has 0 aromatic rings. The standard InChI is InChI=1S/C9H18O2/c1-3-5-7-10-9-11-8-6-4-2/h3-8H2,1-2H3. The van der Waals surface area contributed by atoms with Crippen LogP contribution < -0.4 is 0 Å². The topological polar surface area (TPSA) is 18.5 Å². The van der Waals surface area contributed by atoms with Crippen molar-refractivity contribution in [1.29, 1.82) is 0 Å². The van der Waals surface area contributed by atoms with Crippen LogP contribution in [-0.2, 0) is 9.47 Å². The summed E-state index contributed by atoms with van der Waals surface area (Å²) in [5.74, 6) is 0. The van der Waals surface area contributed by atoms with Gasteiger partial charge in [-0.25, -0.2) is 0 Å². The van der Waals surface area contributed by atoms with Crippen LogP contribution in [0.25, 0.3) is 0 Å². The SMILES string of the molecule is CCCCO[C]OCCCC. The molecule has 2 nitrogen and oxygen atoms in total. The molecule has 0 saturated carbocycles. The van der Waals surface area contributed by atoms with E-state index in [1.165, 1.54) is 0 Å². The first-order valence-electron chi connectivity index (χ1n) is 4.40. The van der Waals surface area contributed by atoms with Crippen molar-refractivity contribution in [2.24, 2.45) is 0 Å². The van der Waals surface area contributed by atoms with Crippen molar-refractivity contribution < 1.29 is 9.47 Å². The van der Waals surface area contributed by atoms with Crippen LogP contribution in [-0.4, -0.2) is 13.2 Å². The van der Waals surface area contributed by atoms with Gasteiger partial charge in [-0.05, 0) is 12.8 Å². The minimum absolute atomic E-state index is 0.725. The summed E-state index contributed by atoms with van der Waals surface area (Å²) < 4.78 is 9.90. The molecule has 0 fully saturated rings. The number of rotatable bonds is 8. The molecule has 0 spiro atoms. The molecule has 0 amide bonds. The molecular formula is C9H18O2. The highest BCUT2D eigenvalue weighted by molar-refractivity contribution is 4.36. The van der Waals surface area contributed by atoms with Gasteiger partial charge in [0.25, 0.3) is 6.79 Å². The zero-order valence-electron chi connectivity index (χ0n) is 7.56. The molecule has 0 rings (SSSR count). The Bertz CT molecular complexity index is 56.6. The smallest absolute Gasteiger partial charge is 0.292 e. The highest BCUT2D eigenvalue weighted by atomic mass is 16.7. The molecule has 0 aromatic carbocycles. The van der Waals surface area contributed by atoms with Crippen molar-refractivity contribution in [3.8, 4) is 0 Å². The van der Waals surface area contributed by atoms with E-state index in [1.807, 2.05) is 0 Å². The Morgan fingerprint density at radius 1 is 0.909 bits per heavy atom. The third-order valence-corrected chi connectivity index (χ3v) is 1.32. The second-order valence-corrected chi connectivity index (χ2v) is 2.49. The fourth-order valence-corrected chi connectivity index (χ4v) is 0.558. The minimum Gasteiger partial charge on any atom is -0.341 e. The van der Waals surface area contributed by atoms with Crippen LogP contribution >= 0.6 is 0 Å². The van der Waals surface area contributed by atoms with Gasteiger partial charge in [0.15, 0.2) is 0 Å². The Labute approximate surface area is 69.9 Å². The maximum atomic E-state index is 4.95.